The Bertz CT molecular complexity index is 3220. The Balaban J connectivity index is 1.17. The summed E-state index contributed by atoms with van der Waals surface area (Å²) in [4.78, 5) is 20.6. The van der Waals surface area contributed by atoms with E-state index < -0.39 is 0 Å². The summed E-state index contributed by atoms with van der Waals surface area (Å²) >= 11 is 0. The molecule has 11 rings (SSSR count). The van der Waals surface area contributed by atoms with Crippen LogP contribution in [0.15, 0.2) is 179 Å². The van der Waals surface area contributed by atoms with Crippen molar-refractivity contribution < 1.29 is 8.83 Å². The number of oxazole rings is 1. The van der Waals surface area contributed by atoms with Gasteiger partial charge in [0.1, 0.15) is 16.7 Å². The number of hydrogen-bond acceptors (Lipinski definition) is 6. The van der Waals surface area contributed by atoms with Crippen LogP contribution in [-0.4, -0.2) is 19.9 Å². The molecule has 54 heavy (non-hydrogen) atoms. The van der Waals surface area contributed by atoms with Crippen LogP contribution in [0.3, 0.4) is 0 Å². The lowest BCUT2D eigenvalue weighted by Crippen LogP contribution is -2.01. The second-order valence-corrected chi connectivity index (χ2v) is 13.5. The summed E-state index contributed by atoms with van der Waals surface area (Å²) in [5, 5.41) is 6.33. The highest BCUT2D eigenvalue weighted by Crippen LogP contribution is 2.40. The van der Waals surface area contributed by atoms with Crippen molar-refractivity contribution in [3.05, 3.63) is 170 Å². The average molecular weight is 693 g/mol. The van der Waals surface area contributed by atoms with Gasteiger partial charge >= 0.3 is 0 Å². The first kappa shape index (κ1) is 30.2. The maximum atomic E-state index is 6.48. The van der Waals surface area contributed by atoms with E-state index in [4.69, 9.17) is 28.8 Å². The molecule has 0 saturated carbocycles. The van der Waals surface area contributed by atoms with Gasteiger partial charge in [-0.2, -0.15) is 0 Å². The molecule has 11 aromatic rings. The molecular weight excluding hydrogens is 665 g/mol. The van der Waals surface area contributed by atoms with Crippen LogP contribution in [0.25, 0.3) is 111 Å². The molecule has 6 heteroatoms. The maximum absolute atomic E-state index is 6.48. The van der Waals surface area contributed by atoms with Gasteiger partial charge in [0.2, 0.25) is 5.89 Å². The van der Waals surface area contributed by atoms with Crippen LogP contribution in [0.4, 0.5) is 0 Å². The Morgan fingerprint density at radius 3 is 1.72 bits per heavy atom. The normalized spacial score (nSPS) is 11.7. The van der Waals surface area contributed by atoms with Crippen molar-refractivity contribution in [2.24, 2.45) is 0 Å². The zero-order valence-electron chi connectivity index (χ0n) is 28.8. The summed E-state index contributed by atoms with van der Waals surface area (Å²) in [5.74, 6) is 2.29. The lowest BCUT2D eigenvalue weighted by atomic mass is 9.95. The molecule has 252 valence electrons. The second-order valence-electron chi connectivity index (χ2n) is 13.5. The van der Waals surface area contributed by atoms with Crippen LogP contribution in [-0.2, 0) is 0 Å². The van der Waals surface area contributed by atoms with E-state index in [1.165, 1.54) is 0 Å². The van der Waals surface area contributed by atoms with E-state index in [9.17, 15) is 0 Å². The predicted molar refractivity (Wildman–Crippen MR) is 217 cm³/mol. The lowest BCUT2D eigenvalue weighted by molar-refractivity contribution is 0.617. The topological polar surface area (TPSA) is 77.8 Å². The first-order chi connectivity index (χ1) is 26.7. The zero-order chi connectivity index (χ0) is 35.6. The molecule has 0 saturated heterocycles. The van der Waals surface area contributed by atoms with Crippen molar-refractivity contribution in [3.63, 3.8) is 0 Å². The molecule has 6 nitrogen and oxygen atoms in total. The van der Waals surface area contributed by atoms with E-state index in [-0.39, 0.29) is 0 Å². The first-order valence-electron chi connectivity index (χ1n) is 17.9. The highest BCUT2D eigenvalue weighted by Gasteiger charge is 2.21. The van der Waals surface area contributed by atoms with Crippen molar-refractivity contribution in [2.45, 2.75) is 0 Å². The van der Waals surface area contributed by atoms with Crippen molar-refractivity contribution in [1.29, 1.82) is 0 Å². The Morgan fingerprint density at radius 2 is 0.963 bits per heavy atom. The van der Waals surface area contributed by atoms with Crippen LogP contribution in [0, 0.1) is 0 Å². The van der Waals surface area contributed by atoms with Gasteiger partial charge < -0.3 is 8.83 Å². The number of nitrogens with zero attached hydrogens (tertiary/aromatic N) is 4. The molecule has 3 heterocycles. The van der Waals surface area contributed by atoms with Crippen LogP contribution in [0.5, 0.6) is 0 Å². The van der Waals surface area contributed by atoms with E-state index in [0.29, 0.717) is 34.5 Å². The number of fused-ring (bicyclic) bond motifs is 6. The van der Waals surface area contributed by atoms with E-state index in [0.717, 1.165) is 76.8 Å². The van der Waals surface area contributed by atoms with E-state index >= 15 is 0 Å². The summed E-state index contributed by atoms with van der Waals surface area (Å²) in [7, 11) is 0. The fourth-order valence-corrected chi connectivity index (χ4v) is 7.49. The second kappa shape index (κ2) is 12.1. The first-order valence-corrected chi connectivity index (χ1v) is 17.9. The van der Waals surface area contributed by atoms with Gasteiger partial charge in [0.05, 0.1) is 0 Å². The molecule has 0 atom stereocenters. The molecule has 0 bridgehead atoms. The fraction of sp³-hybridized carbons (Fsp3) is 0. The predicted octanol–water partition coefficient (Wildman–Crippen LogP) is 12.6. The quantitative estimate of drug-likeness (QED) is 0.179. The molecule has 0 amide bonds. The van der Waals surface area contributed by atoms with Crippen molar-refractivity contribution in [1.82, 2.24) is 19.9 Å². The molecule has 0 unspecified atom stereocenters. The van der Waals surface area contributed by atoms with Gasteiger partial charge in [-0.1, -0.05) is 121 Å². The third-order valence-electron chi connectivity index (χ3n) is 10.1. The molecule has 8 aromatic carbocycles. The fourth-order valence-electron chi connectivity index (χ4n) is 7.49. The third-order valence-corrected chi connectivity index (χ3v) is 10.1. The monoisotopic (exact) mass is 692 g/mol. The maximum Gasteiger partial charge on any atom is 0.227 e. The molecule has 0 aliphatic carbocycles. The van der Waals surface area contributed by atoms with E-state index in [2.05, 4.69) is 109 Å². The van der Waals surface area contributed by atoms with Gasteiger partial charge in [-0.15, -0.1) is 0 Å². The van der Waals surface area contributed by atoms with Gasteiger partial charge in [-0.25, -0.2) is 19.9 Å². The highest BCUT2D eigenvalue weighted by molar-refractivity contribution is 6.14. The van der Waals surface area contributed by atoms with E-state index in [1.807, 2.05) is 60.7 Å². The van der Waals surface area contributed by atoms with Crippen LogP contribution in [0.1, 0.15) is 0 Å². The number of hydrogen-bond donors (Lipinski definition) is 0. The summed E-state index contributed by atoms with van der Waals surface area (Å²) in [5.41, 5.74) is 8.54. The highest BCUT2D eigenvalue weighted by atomic mass is 16.4. The molecule has 0 fully saturated rings. The number of rotatable bonds is 5. The van der Waals surface area contributed by atoms with Gasteiger partial charge in [-0.05, 0) is 75.1 Å². The lowest BCUT2D eigenvalue weighted by Gasteiger charge is -2.14. The minimum absolute atomic E-state index is 0.550. The van der Waals surface area contributed by atoms with Gasteiger partial charge in [0.15, 0.2) is 23.1 Å². The Kier molecular flexibility index (Phi) is 6.75. The smallest absolute Gasteiger partial charge is 0.227 e. The Hall–Kier alpha value is -7.44. The summed E-state index contributed by atoms with van der Waals surface area (Å²) < 4.78 is 12.7. The Morgan fingerprint density at radius 1 is 0.333 bits per heavy atom. The molecular formula is C48H28N4O2. The average Bonchev–Trinajstić information content (AvgIpc) is 3.83. The van der Waals surface area contributed by atoms with Gasteiger partial charge in [0.25, 0.3) is 0 Å². The molecule has 3 aromatic heterocycles. The molecule has 0 aliphatic heterocycles. The number of furan rings is 1. The summed E-state index contributed by atoms with van der Waals surface area (Å²) in [6.45, 7) is 0. The molecule has 0 aliphatic rings. The number of benzene rings is 8. The van der Waals surface area contributed by atoms with Gasteiger partial charge in [0, 0.05) is 39.1 Å². The van der Waals surface area contributed by atoms with Crippen LogP contribution < -0.4 is 0 Å². The van der Waals surface area contributed by atoms with E-state index in [1.54, 1.807) is 0 Å². The van der Waals surface area contributed by atoms with Gasteiger partial charge in [-0.3, -0.25) is 0 Å². The minimum Gasteiger partial charge on any atom is -0.456 e. The van der Waals surface area contributed by atoms with Crippen molar-refractivity contribution in [2.75, 3.05) is 0 Å². The third kappa shape index (κ3) is 5.04. The molecule has 0 N–H and O–H groups in total. The standard InChI is InChI=1S/C48H28N4O2/c1-3-13-30(14-4-1)37-25-33-18-9-10-19-34(33)26-38(37)47-51-45(35-23-22-29-12-7-8-17-32(29)24-35)50-46(52-47)36-20-11-21-41-44(36)39-27-40-43(28-42(39)53-41)54-48(49-40)31-15-5-2-6-16-31/h1-28H. The zero-order valence-corrected chi connectivity index (χ0v) is 28.8. The van der Waals surface area contributed by atoms with Crippen molar-refractivity contribution >= 4 is 54.6 Å². The largest absolute Gasteiger partial charge is 0.456 e. The van der Waals surface area contributed by atoms with Crippen molar-refractivity contribution in [3.8, 4) is 56.7 Å². The SMILES string of the molecule is c1ccc(-c2nc3cc4c(cc3o2)oc2cccc(-c3nc(-c5ccc6ccccc6c5)nc(-c5cc6ccccc6cc5-c5ccccc5)n3)c24)cc1. The summed E-state index contributed by atoms with van der Waals surface area (Å²) in [6.07, 6.45) is 0. The molecule has 0 spiro atoms. The molecule has 0 radical (unpaired) electrons. The number of aromatic nitrogens is 4. The van der Waals surface area contributed by atoms with Crippen LogP contribution in [0.2, 0.25) is 0 Å². The van der Waals surface area contributed by atoms with Crippen LogP contribution >= 0.6 is 0 Å². The Labute approximate surface area is 309 Å². The summed E-state index contributed by atoms with van der Waals surface area (Å²) in [6, 6.07) is 57.9. The minimum atomic E-state index is 0.550.